The summed E-state index contributed by atoms with van der Waals surface area (Å²) in [6.45, 7) is 4.11. The average Bonchev–Trinajstić information content (AvgIpc) is 2.98. The van der Waals surface area contributed by atoms with Gasteiger partial charge in [0.1, 0.15) is 5.75 Å². The topological polar surface area (TPSA) is 47.9 Å². The summed E-state index contributed by atoms with van der Waals surface area (Å²) in [5.41, 5.74) is 1.91. The molecule has 1 heterocycles. The lowest BCUT2D eigenvalue weighted by atomic mass is 10.2. The van der Waals surface area contributed by atoms with Crippen molar-refractivity contribution in [3.05, 3.63) is 69.8 Å². The van der Waals surface area contributed by atoms with Gasteiger partial charge in [-0.2, -0.15) is 0 Å². The van der Waals surface area contributed by atoms with Crippen molar-refractivity contribution in [1.82, 2.24) is 0 Å². The van der Waals surface area contributed by atoms with E-state index < -0.39 is 5.97 Å². The summed E-state index contributed by atoms with van der Waals surface area (Å²) in [7, 11) is 0. The number of carbonyl (C=O) groups is 1. The van der Waals surface area contributed by atoms with Gasteiger partial charge in [0.2, 0.25) is 5.90 Å². The molecular formula is C20H18BrNO3. The van der Waals surface area contributed by atoms with Crippen molar-refractivity contribution in [2.75, 3.05) is 0 Å². The van der Waals surface area contributed by atoms with Crippen molar-refractivity contribution < 1.29 is 14.3 Å². The summed E-state index contributed by atoms with van der Waals surface area (Å²) in [6, 6.07) is 15.0. The van der Waals surface area contributed by atoms with Crippen LogP contribution in [0.15, 0.2) is 63.7 Å². The Bertz CT molecular complexity index is 823. The highest BCUT2D eigenvalue weighted by Gasteiger charge is 2.24. The van der Waals surface area contributed by atoms with E-state index in [4.69, 9.17) is 9.47 Å². The molecule has 0 N–H and O–H groups in total. The number of halogens is 1. The summed E-state index contributed by atoms with van der Waals surface area (Å²) >= 11 is 3.38. The number of esters is 1. The molecule has 1 aliphatic rings. The van der Waals surface area contributed by atoms with Gasteiger partial charge in [-0.15, -0.1) is 0 Å². The maximum atomic E-state index is 12.0. The van der Waals surface area contributed by atoms with E-state index in [2.05, 4.69) is 27.8 Å². The van der Waals surface area contributed by atoms with Crippen LogP contribution in [-0.4, -0.2) is 18.0 Å². The van der Waals surface area contributed by atoms with E-state index in [1.165, 1.54) is 0 Å². The molecule has 4 nitrogen and oxygen atoms in total. The van der Waals surface area contributed by atoms with Crippen LogP contribution in [0.3, 0.4) is 0 Å². The first-order valence-electron chi connectivity index (χ1n) is 8.10. The van der Waals surface area contributed by atoms with Crippen LogP contribution < -0.4 is 4.74 Å². The van der Waals surface area contributed by atoms with Crippen LogP contribution in [0.5, 0.6) is 5.75 Å². The number of cyclic esters (lactones) is 1. The molecule has 0 saturated carbocycles. The zero-order valence-electron chi connectivity index (χ0n) is 14.0. The first-order valence-corrected chi connectivity index (χ1v) is 8.89. The van der Waals surface area contributed by atoms with Crippen LogP contribution in [0.4, 0.5) is 0 Å². The molecule has 0 aliphatic carbocycles. The number of ether oxygens (including phenoxy) is 2. The molecular weight excluding hydrogens is 382 g/mol. The first kappa shape index (κ1) is 17.4. The van der Waals surface area contributed by atoms with Gasteiger partial charge in [0.25, 0.3) is 0 Å². The van der Waals surface area contributed by atoms with E-state index in [9.17, 15) is 4.79 Å². The third-order valence-corrected chi connectivity index (χ3v) is 4.34. The van der Waals surface area contributed by atoms with Crippen LogP contribution >= 0.6 is 15.9 Å². The van der Waals surface area contributed by atoms with Crippen molar-refractivity contribution in [2.24, 2.45) is 4.99 Å². The molecule has 128 valence electrons. The van der Waals surface area contributed by atoms with Gasteiger partial charge in [0.15, 0.2) is 5.70 Å². The SMILES string of the molecule is CCC(C)Oc1ccc(/C=C2\N=C(c3ccc(Br)cc3)OC2=O)cc1. The van der Waals surface area contributed by atoms with Crippen molar-refractivity contribution in [1.29, 1.82) is 0 Å². The molecule has 5 heteroatoms. The van der Waals surface area contributed by atoms with Gasteiger partial charge in [0.05, 0.1) is 6.10 Å². The molecule has 0 fully saturated rings. The van der Waals surface area contributed by atoms with Crippen molar-refractivity contribution in [3.63, 3.8) is 0 Å². The second kappa shape index (κ2) is 7.66. The zero-order chi connectivity index (χ0) is 17.8. The average molecular weight is 400 g/mol. The van der Waals surface area contributed by atoms with E-state index in [-0.39, 0.29) is 11.8 Å². The molecule has 1 aliphatic heterocycles. The molecule has 0 bridgehead atoms. The minimum Gasteiger partial charge on any atom is -0.491 e. The van der Waals surface area contributed by atoms with Crippen molar-refractivity contribution in [3.8, 4) is 5.75 Å². The normalized spacial score (nSPS) is 16.5. The molecule has 0 amide bonds. The Labute approximate surface area is 155 Å². The van der Waals surface area contributed by atoms with Crippen LogP contribution in [0.25, 0.3) is 6.08 Å². The Balaban J connectivity index is 1.78. The number of hydrogen-bond acceptors (Lipinski definition) is 4. The molecule has 3 rings (SSSR count). The second-order valence-electron chi connectivity index (χ2n) is 5.75. The zero-order valence-corrected chi connectivity index (χ0v) is 15.6. The Morgan fingerprint density at radius 3 is 2.48 bits per heavy atom. The fourth-order valence-corrected chi connectivity index (χ4v) is 2.51. The van der Waals surface area contributed by atoms with Crippen LogP contribution in [0.2, 0.25) is 0 Å². The Morgan fingerprint density at radius 2 is 1.84 bits per heavy atom. The molecule has 2 aromatic carbocycles. The van der Waals surface area contributed by atoms with Crippen molar-refractivity contribution in [2.45, 2.75) is 26.4 Å². The molecule has 2 aromatic rings. The number of carbonyl (C=O) groups excluding carboxylic acids is 1. The van der Waals surface area contributed by atoms with E-state index >= 15 is 0 Å². The minimum absolute atomic E-state index is 0.173. The third kappa shape index (κ3) is 4.37. The summed E-state index contributed by atoms with van der Waals surface area (Å²) in [5.74, 6) is 0.683. The fraction of sp³-hybridized carbons (Fsp3) is 0.200. The van der Waals surface area contributed by atoms with Gasteiger partial charge >= 0.3 is 5.97 Å². The number of benzene rings is 2. The molecule has 0 radical (unpaired) electrons. The Morgan fingerprint density at radius 1 is 1.16 bits per heavy atom. The largest absolute Gasteiger partial charge is 0.491 e. The van der Waals surface area contributed by atoms with E-state index in [1.54, 1.807) is 6.08 Å². The lowest BCUT2D eigenvalue weighted by Gasteiger charge is -2.12. The van der Waals surface area contributed by atoms with E-state index in [1.807, 2.05) is 55.5 Å². The van der Waals surface area contributed by atoms with E-state index in [0.29, 0.717) is 5.90 Å². The standard InChI is InChI=1S/C20H18BrNO3/c1-3-13(2)24-17-10-4-14(5-11-17)12-18-20(23)25-19(22-18)15-6-8-16(21)9-7-15/h4-13H,3H2,1-2H3/b18-12-. The van der Waals surface area contributed by atoms with Gasteiger partial charge < -0.3 is 9.47 Å². The summed E-state index contributed by atoms with van der Waals surface area (Å²) < 4.78 is 12.0. The molecule has 1 atom stereocenters. The molecule has 0 aromatic heterocycles. The lowest BCUT2D eigenvalue weighted by Crippen LogP contribution is -2.09. The second-order valence-corrected chi connectivity index (χ2v) is 6.66. The molecule has 0 saturated heterocycles. The lowest BCUT2D eigenvalue weighted by molar-refractivity contribution is -0.129. The Hall–Kier alpha value is -2.40. The van der Waals surface area contributed by atoms with Crippen LogP contribution in [-0.2, 0) is 9.53 Å². The predicted octanol–water partition coefficient (Wildman–Crippen LogP) is 4.97. The number of aliphatic imine (C=N–C) groups is 1. The van der Waals surface area contributed by atoms with Gasteiger partial charge in [-0.3, -0.25) is 0 Å². The molecule has 0 spiro atoms. The van der Waals surface area contributed by atoms with Gasteiger partial charge in [-0.25, -0.2) is 9.79 Å². The molecule has 1 unspecified atom stereocenters. The summed E-state index contributed by atoms with van der Waals surface area (Å²) in [6.07, 6.45) is 2.83. The number of nitrogens with zero attached hydrogens (tertiary/aromatic N) is 1. The fourth-order valence-electron chi connectivity index (χ4n) is 2.24. The predicted molar refractivity (Wildman–Crippen MR) is 102 cm³/mol. The number of rotatable bonds is 5. The van der Waals surface area contributed by atoms with E-state index in [0.717, 1.165) is 27.8 Å². The smallest absolute Gasteiger partial charge is 0.363 e. The maximum absolute atomic E-state index is 12.0. The quantitative estimate of drug-likeness (QED) is 0.526. The van der Waals surface area contributed by atoms with Crippen molar-refractivity contribution >= 4 is 33.9 Å². The van der Waals surface area contributed by atoms with Crippen LogP contribution in [0, 0.1) is 0 Å². The maximum Gasteiger partial charge on any atom is 0.363 e. The summed E-state index contributed by atoms with van der Waals surface area (Å²) in [4.78, 5) is 16.3. The summed E-state index contributed by atoms with van der Waals surface area (Å²) in [5, 5.41) is 0. The monoisotopic (exact) mass is 399 g/mol. The van der Waals surface area contributed by atoms with Gasteiger partial charge in [-0.05, 0) is 61.4 Å². The van der Waals surface area contributed by atoms with Gasteiger partial charge in [0, 0.05) is 10.0 Å². The van der Waals surface area contributed by atoms with Gasteiger partial charge in [-0.1, -0.05) is 35.0 Å². The molecule has 25 heavy (non-hydrogen) atoms. The minimum atomic E-state index is -0.446. The first-order chi connectivity index (χ1) is 12.0. The Kier molecular flexibility index (Phi) is 5.34. The highest BCUT2D eigenvalue weighted by molar-refractivity contribution is 9.10. The highest BCUT2D eigenvalue weighted by atomic mass is 79.9. The third-order valence-electron chi connectivity index (χ3n) is 3.81. The number of hydrogen-bond donors (Lipinski definition) is 0. The highest BCUT2D eigenvalue weighted by Crippen LogP contribution is 2.22. The van der Waals surface area contributed by atoms with Crippen LogP contribution in [0.1, 0.15) is 31.4 Å².